The van der Waals surface area contributed by atoms with Crippen molar-refractivity contribution in [2.24, 2.45) is 5.92 Å². The van der Waals surface area contributed by atoms with Gasteiger partial charge in [-0.2, -0.15) is 14.0 Å². The first-order chi connectivity index (χ1) is 15.2. The van der Waals surface area contributed by atoms with Crippen molar-refractivity contribution in [1.29, 1.82) is 5.26 Å². The second kappa shape index (κ2) is 9.68. The van der Waals surface area contributed by atoms with Crippen molar-refractivity contribution in [2.45, 2.75) is 51.1 Å². The number of ether oxygens (including phenoxy) is 1. The lowest BCUT2D eigenvalue weighted by Gasteiger charge is -2.28. The molecule has 0 unspecified atom stereocenters. The summed E-state index contributed by atoms with van der Waals surface area (Å²) in [5.74, 6) is -6.65. The molecular formula is C24H21F6NO. The lowest BCUT2D eigenvalue weighted by Crippen LogP contribution is -2.26. The fourth-order valence-electron chi connectivity index (χ4n) is 3.99. The summed E-state index contributed by atoms with van der Waals surface area (Å²) in [5.41, 5.74) is -2.35. The maximum atomic E-state index is 14.6. The van der Waals surface area contributed by atoms with E-state index in [0.717, 1.165) is 31.4 Å². The van der Waals surface area contributed by atoms with Gasteiger partial charge in [-0.1, -0.05) is 19.1 Å². The maximum Gasteiger partial charge on any atom is 0.432 e. The van der Waals surface area contributed by atoms with Crippen molar-refractivity contribution in [1.82, 2.24) is 0 Å². The van der Waals surface area contributed by atoms with Gasteiger partial charge < -0.3 is 4.74 Å². The van der Waals surface area contributed by atoms with Gasteiger partial charge in [-0.05, 0) is 61.6 Å². The molecule has 0 bridgehead atoms. The van der Waals surface area contributed by atoms with Crippen molar-refractivity contribution in [2.75, 3.05) is 0 Å². The molecule has 0 aromatic heterocycles. The molecule has 0 spiro atoms. The number of rotatable bonds is 6. The van der Waals surface area contributed by atoms with Gasteiger partial charge in [0.2, 0.25) is 0 Å². The van der Waals surface area contributed by atoms with Crippen molar-refractivity contribution in [3.63, 3.8) is 0 Å². The minimum Gasteiger partial charge on any atom is -0.429 e. The normalized spacial score (nSPS) is 19.2. The highest BCUT2D eigenvalue weighted by molar-refractivity contribution is 5.39. The van der Waals surface area contributed by atoms with Gasteiger partial charge in [0.15, 0.2) is 0 Å². The smallest absolute Gasteiger partial charge is 0.429 e. The third kappa shape index (κ3) is 5.09. The van der Waals surface area contributed by atoms with Gasteiger partial charge in [0.05, 0.1) is 0 Å². The molecule has 0 heterocycles. The Hall–Kier alpha value is -2.95. The van der Waals surface area contributed by atoms with Crippen LogP contribution in [0, 0.1) is 40.5 Å². The fraction of sp³-hybridized carbons (Fsp3) is 0.375. The molecule has 0 aliphatic heterocycles. The highest BCUT2D eigenvalue weighted by Crippen LogP contribution is 2.40. The number of hydrogen-bond donors (Lipinski definition) is 0. The molecule has 8 heteroatoms. The maximum absolute atomic E-state index is 14.6. The molecule has 1 fully saturated rings. The van der Waals surface area contributed by atoms with E-state index in [1.807, 2.05) is 6.92 Å². The van der Waals surface area contributed by atoms with Crippen LogP contribution in [0.2, 0.25) is 0 Å². The van der Waals surface area contributed by atoms with Gasteiger partial charge in [-0.3, -0.25) is 0 Å². The lowest BCUT2D eigenvalue weighted by atomic mass is 9.78. The highest BCUT2D eigenvalue weighted by Gasteiger charge is 2.42. The van der Waals surface area contributed by atoms with Gasteiger partial charge in [0, 0.05) is 12.1 Å². The number of hydrogen-bond acceptors (Lipinski definition) is 2. The third-order valence-corrected chi connectivity index (χ3v) is 5.62. The molecule has 170 valence electrons. The summed E-state index contributed by atoms with van der Waals surface area (Å²) < 4.78 is 89.8. The Labute approximate surface area is 182 Å². The van der Waals surface area contributed by atoms with Crippen LogP contribution in [0.1, 0.15) is 61.6 Å². The summed E-state index contributed by atoms with van der Waals surface area (Å²) in [4.78, 5) is 0. The van der Waals surface area contributed by atoms with E-state index in [-0.39, 0.29) is 11.5 Å². The quantitative estimate of drug-likeness (QED) is 0.336. The Kier molecular flexibility index (Phi) is 7.17. The highest BCUT2D eigenvalue weighted by atomic mass is 19.3. The Bertz CT molecular complexity index is 1000. The van der Waals surface area contributed by atoms with Gasteiger partial charge in [0.25, 0.3) is 0 Å². The number of nitrogens with zero attached hydrogens (tertiary/aromatic N) is 1. The zero-order chi connectivity index (χ0) is 23.5. The molecule has 3 rings (SSSR count). The van der Waals surface area contributed by atoms with E-state index in [0.29, 0.717) is 30.9 Å². The number of allylic oxidation sites excluding steroid dienone is 2. The van der Waals surface area contributed by atoms with Gasteiger partial charge >= 0.3 is 6.11 Å². The van der Waals surface area contributed by atoms with E-state index < -0.39 is 46.3 Å². The van der Waals surface area contributed by atoms with Crippen LogP contribution < -0.4 is 4.74 Å². The Balaban J connectivity index is 1.81. The summed E-state index contributed by atoms with van der Waals surface area (Å²) in [6, 6.07) is 3.67. The van der Waals surface area contributed by atoms with Crippen LogP contribution in [0.3, 0.4) is 0 Å². The second-order valence-electron chi connectivity index (χ2n) is 7.80. The number of nitriles is 1. The number of benzene rings is 2. The average Bonchev–Trinajstić information content (AvgIpc) is 2.71. The Morgan fingerprint density at radius 1 is 0.969 bits per heavy atom. The molecule has 0 radical (unpaired) electrons. The monoisotopic (exact) mass is 453 g/mol. The number of halogens is 6. The minimum atomic E-state index is -4.54. The van der Waals surface area contributed by atoms with Crippen molar-refractivity contribution in [3.05, 3.63) is 76.4 Å². The average molecular weight is 453 g/mol. The molecule has 2 aromatic rings. The molecule has 0 N–H and O–H groups in total. The molecule has 0 amide bonds. The van der Waals surface area contributed by atoms with Crippen LogP contribution in [-0.2, 0) is 6.11 Å². The molecule has 0 atom stereocenters. The molecule has 1 aliphatic carbocycles. The first kappa shape index (κ1) is 23.7. The topological polar surface area (TPSA) is 33.0 Å². The minimum absolute atomic E-state index is 0.157. The van der Waals surface area contributed by atoms with E-state index in [1.54, 1.807) is 0 Å². The van der Waals surface area contributed by atoms with Crippen LogP contribution in [0.4, 0.5) is 26.3 Å². The predicted octanol–water partition coefficient (Wildman–Crippen LogP) is 7.48. The molecule has 0 saturated heterocycles. The Morgan fingerprint density at radius 2 is 1.53 bits per heavy atom. The summed E-state index contributed by atoms with van der Waals surface area (Å²) in [7, 11) is 0. The molecule has 32 heavy (non-hydrogen) atoms. The lowest BCUT2D eigenvalue weighted by molar-refractivity contribution is -0.189. The molecular weight excluding hydrogens is 432 g/mol. The second-order valence-corrected chi connectivity index (χ2v) is 7.80. The van der Waals surface area contributed by atoms with Crippen LogP contribution in [-0.4, -0.2) is 0 Å². The van der Waals surface area contributed by atoms with Crippen LogP contribution in [0.5, 0.6) is 5.75 Å². The van der Waals surface area contributed by atoms with Crippen LogP contribution >= 0.6 is 0 Å². The summed E-state index contributed by atoms with van der Waals surface area (Å²) in [5, 5.41) is 8.64. The van der Waals surface area contributed by atoms with Gasteiger partial charge in [-0.15, -0.1) is 0 Å². The predicted molar refractivity (Wildman–Crippen MR) is 106 cm³/mol. The van der Waals surface area contributed by atoms with E-state index in [4.69, 9.17) is 5.26 Å². The molecule has 2 nitrogen and oxygen atoms in total. The standard InChI is InChI=1S/C24H21F6NO/c1-2-3-4-14-5-7-15(8-6-14)16-9-21(27)23(22(28)10-16)24(29,30)32-17-11-19(25)18(13-31)20(26)12-17/h3-4,9-12,14-15H,2,5-8H2,1H3/b4-3-/t14-,15-. The van der Waals surface area contributed by atoms with E-state index in [2.05, 4.69) is 16.9 Å². The van der Waals surface area contributed by atoms with Crippen molar-refractivity contribution >= 4 is 0 Å². The Morgan fingerprint density at radius 3 is 2.03 bits per heavy atom. The van der Waals surface area contributed by atoms with E-state index >= 15 is 0 Å². The summed E-state index contributed by atoms with van der Waals surface area (Å²) in [6.45, 7) is 2.03. The first-order valence-corrected chi connectivity index (χ1v) is 10.3. The molecule has 2 aromatic carbocycles. The van der Waals surface area contributed by atoms with Crippen molar-refractivity contribution < 1.29 is 31.1 Å². The third-order valence-electron chi connectivity index (χ3n) is 5.62. The molecule has 1 saturated carbocycles. The first-order valence-electron chi connectivity index (χ1n) is 10.3. The zero-order valence-electron chi connectivity index (χ0n) is 17.3. The largest absolute Gasteiger partial charge is 0.432 e. The SMILES string of the molecule is CC/C=C\[C@H]1CC[C@H](c2cc(F)c(C(F)(F)Oc3cc(F)c(C#N)c(F)c3)c(F)c2)CC1. The molecule has 1 aliphatic rings. The van der Waals surface area contributed by atoms with E-state index in [9.17, 15) is 26.3 Å². The van der Waals surface area contributed by atoms with E-state index in [1.165, 1.54) is 6.07 Å². The van der Waals surface area contributed by atoms with Crippen molar-refractivity contribution in [3.8, 4) is 11.8 Å². The fourth-order valence-corrected chi connectivity index (χ4v) is 3.99. The summed E-state index contributed by atoms with van der Waals surface area (Å²) >= 11 is 0. The van der Waals surface area contributed by atoms with Gasteiger partial charge in [0.1, 0.15) is 46.2 Å². The summed E-state index contributed by atoms with van der Waals surface area (Å²) in [6.07, 6.45) is 3.61. The number of alkyl halides is 2. The van der Waals surface area contributed by atoms with Crippen LogP contribution in [0.25, 0.3) is 0 Å². The van der Waals surface area contributed by atoms with Crippen LogP contribution in [0.15, 0.2) is 36.4 Å². The zero-order valence-corrected chi connectivity index (χ0v) is 17.3. The van der Waals surface area contributed by atoms with Gasteiger partial charge in [-0.25, -0.2) is 17.6 Å².